The van der Waals surface area contributed by atoms with E-state index in [9.17, 15) is 0 Å². The maximum atomic E-state index is 5.88. The largest absolute Gasteiger partial charge is 0.358 e. The molecule has 3 nitrogen and oxygen atoms in total. The first-order chi connectivity index (χ1) is 13.3. The number of hydrogen-bond donors (Lipinski definition) is 1. The van der Waals surface area contributed by atoms with Gasteiger partial charge in [0.25, 0.3) is 0 Å². The average molecular weight is 396 g/mol. The molecule has 0 radical (unpaired) electrons. The Bertz CT molecular complexity index is 852. The summed E-state index contributed by atoms with van der Waals surface area (Å²) in [7, 11) is 0. The van der Waals surface area contributed by atoms with Crippen LogP contribution < -0.4 is 5.32 Å². The number of aryl methyl sites for hydroxylation is 1. The molecule has 27 heavy (non-hydrogen) atoms. The molecule has 5 rings (SSSR count). The molecule has 1 aliphatic heterocycles. The van der Waals surface area contributed by atoms with Crippen LogP contribution in [-0.2, 0) is 6.42 Å². The van der Waals surface area contributed by atoms with Crippen molar-refractivity contribution in [2.24, 2.45) is 11.0 Å². The lowest BCUT2D eigenvalue weighted by atomic mass is 9.79. The smallest absolute Gasteiger partial charge is 0.190 e. The monoisotopic (exact) mass is 395 g/mol. The van der Waals surface area contributed by atoms with E-state index in [4.69, 9.17) is 17.3 Å². The van der Waals surface area contributed by atoms with E-state index in [1.165, 1.54) is 53.8 Å². The molecule has 3 aliphatic rings. The maximum Gasteiger partial charge on any atom is 0.190 e. The predicted molar refractivity (Wildman–Crippen MR) is 116 cm³/mol. The molecule has 2 aliphatic carbocycles. The molecule has 0 saturated heterocycles. The minimum atomic E-state index is 0.233. The minimum absolute atomic E-state index is 0.233. The predicted octanol–water partition coefficient (Wildman–Crippen LogP) is 5.28. The fourth-order valence-electron chi connectivity index (χ4n) is 4.86. The second-order valence-corrected chi connectivity index (χ2v) is 9.24. The number of thiocarbonyl (C=S) groups is 1. The Morgan fingerprint density at radius 1 is 1.07 bits per heavy atom. The second kappa shape index (κ2) is 7.36. The Morgan fingerprint density at radius 2 is 1.93 bits per heavy atom. The Morgan fingerprint density at radius 3 is 2.74 bits per heavy atom. The van der Waals surface area contributed by atoms with Crippen LogP contribution in [0.1, 0.15) is 60.6 Å². The van der Waals surface area contributed by atoms with Gasteiger partial charge in [0.15, 0.2) is 5.11 Å². The zero-order chi connectivity index (χ0) is 18.2. The number of hydrazone groups is 1. The van der Waals surface area contributed by atoms with Gasteiger partial charge in [-0.15, -0.1) is 11.3 Å². The van der Waals surface area contributed by atoms with Crippen LogP contribution in [0.4, 0.5) is 0 Å². The lowest BCUT2D eigenvalue weighted by Crippen LogP contribution is -2.44. The summed E-state index contributed by atoms with van der Waals surface area (Å²) in [6.45, 7) is 0. The first-order valence-corrected chi connectivity index (χ1v) is 11.4. The summed E-state index contributed by atoms with van der Waals surface area (Å²) < 4.78 is 0. The standard InChI is InChI=1S/C22H25N3S2/c26-22(23-16-8-2-1-3-9-16)25-21(19-11-6-14-27-19)18-13-12-15-7-4-5-10-17(15)20(18)24-25/h4-7,10-11,14,16,18,21H,1-3,8-9,12-13H2,(H,23,26)/t18-,21-/m0/s1. The molecule has 1 aromatic carbocycles. The fourth-order valence-corrected chi connectivity index (χ4v) is 6.05. The highest BCUT2D eigenvalue weighted by Crippen LogP contribution is 2.44. The van der Waals surface area contributed by atoms with Gasteiger partial charge in [-0.05, 0) is 54.9 Å². The van der Waals surface area contributed by atoms with Crippen molar-refractivity contribution in [3.63, 3.8) is 0 Å². The van der Waals surface area contributed by atoms with Crippen LogP contribution >= 0.6 is 23.6 Å². The third kappa shape index (κ3) is 3.21. The van der Waals surface area contributed by atoms with Gasteiger partial charge in [-0.25, -0.2) is 5.01 Å². The first-order valence-electron chi connectivity index (χ1n) is 10.1. The number of fused-ring (bicyclic) bond motifs is 3. The number of rotatable bonds is 2. The van der Waals surface area contributed by atoms with E-state index in [0.29, 0.717) is 12.0 Å². The number of nitrogens with zero attached hydrogens (tertiary/aromatic N) is 2. The van der Waals surface area contributed by atoms with Gasteiger partial charge < -0.3 is 5.32 Å². The van der Waals surface area contributed by atoms with Gasteiger partial charge >= 0.3 is 0 Å². The third-order valence-electron chi connectivity index (χ3n) is 6.20. The summed E-state index contributed by atoms with van der Waals surface area (Å²) in [5.41, 5.74) is 3.96. The topological polar surface area (TPSA) is 27.6 Å². The SMILES string of the molecule is S=C(NC1CCCCC1)N1N=C2c3ccccc3CC[C@@H]2[C@H]1c1cccs1. The van der Waals surface area contributed by atoms with E-state index < -0.39 is 0 Å². The van der Waals surface area contributed by atoms with E-state index in [1.54, 1.807) is 0 Å². The van der Waals surface area contributed by atoms with E-state index in [1.807, 2.05) is 11.3 Å². The lowest BCUT2D eigenvalue weighted by molar-refractivity contribution is 0.298. The van der Waals surface area contributed by atoms with Crippen molar-refractivity contribution in [3.8, 4) is 0 Å². The van der Waals surface area contributed by atoms with Crippen molar-refractivity contribution in [3.05, 3.63) is 57.8 Å². The van der Waals surface area contributed by atoms with Crippen molar-refractivity contribution in [1.82, 2.24) is 10.3 Å². The van der Waals surface area contributed by atoms with Crippen LogP contribution in [0.3, 0.4) is 0 Å². The van der Waals surface area contributed by atoms with E-state index in [-0.39, 0.29) is 6.04 Å². The highest BCUT2D eigenvalue weighted by molar-refractivity contribution is 7.80. The van der Waals surface area contributed by atoms with Gasteiger partial charge in [0.2, 0.25) is 0 Å². The van der Waals surface area contributed by atoms with Crippen LogP contribution in [0.2, 0.25) is 0 Å². The average Bonchev–Trinajstić information content (AvgIpc) is 3.36. The molecule has 0 bridgehead atoms. The fraction of sp³-hybridized carbons (Fsp3) is 0.455. The molecule has 1 fully saturated rings. The highest BCUT2D eigenvalue weighted by atomic mass is 32.1. The minimum Gasteiger partial charge on any atom is -0.358 e. The molecule has 1 N–H and O–H groups in total. The highest BCUT2D eigenvalue weighted by Gasteiger charge is 2.43. The Hall–Kier alpha value is -1.72. The number of hydrogen-bond acceptors (Lipinski definition) is 3. The summed E-state index contributed by atoms with van der Waals surface area (Å²) in [5.74, 6) is 0.421. The van der Waals surface area contributed by atoms with Crippen LogP contribution in [-0.4, -0.2) is 21.9 Å². The zero-order valence-electron chi connectivity index (χ0n) is 15.4. The Labute approximate surface area is 170 Å². The normalized spacial score (nSPS) is 24.9. The van der Waals surface area contributed by atoms with Gasteiger partial charge in [-0.2, -0.15) is 5.10 Å². The maximum absolute atomic E-state index is 5.88. The van der Waals surface area contributed by atoms with Crippen LogP contribution in [0.25, 0.3) is 0 Å². The molecule has 2 atom stereocenters. The van der Waals surface area contributed by atoms with E-state index >= 15 is 0 Å². The molecule has 2 heterocycles. The summed E-state index contributed by atoms with van der Waals surface area (Å²) in [4.78, 5) is 1.37. The van der Waals surface area contributed by atoms with E-state index in [2.05, 4.69) is 52.1 Å². The number of thiophene rings is 1. The van der Waals surface area contributed by atoms with E-state index in [0.717, 1.165) is 18.0 Å². The van der Waals surface area contributed by atoms with Gasteiger partial charge in [0.1, 0.15) is 0 Å². The van der Waals surface area contributed by atoms with Crippen LogP contribution in [0, 0.1) is 5.92 Å². The summed E-state index contributed by atoms with van der Waals surface area (Å²) in [6, 6.07) is 13.9. The van der Waals surface area contributed by atoms with Gasteiger partial charge in [-0.3, -0.25) is 0 Å². The van der Waals surface area contributed by atoms with Crippen LogP contribution in [0.15, 0.2) is 46.9 Å². The summed E-state index contributed by atoms with van der Waals surface area (Å²) in [5, 5.41) is 13.8. The number of benzene rings is 1. The van der Waals surface area contributed by atoms with Gasteiger partial charge in [0.05, 0.1) is 11.8 Å². The van der Waals surface area contributed by atoms with Crippen molar-refractivity contribution in [2.45, 2.75) is 57.0 Å². The second-order valence-electron chi connectivity index (χ2n) is 7.88. The van der Waals surface area contributed by atoms with Gasteiger partial charge in [0, 0.05) is 22.4 Å². The molecule has 1 saturated carbocycles. The molecule has 1 aromatic heterocycles. The quantitative estimate of drug-likeness (QED) is 0.701. The Balaban J connectivity index is 1.48. The third-order valence-corrected chi connectivity index (χ3v) is 7.45. The summed E-state index contributed by atoms with van der Waals surface area (Å²) in [6.07, 6.45) is 8.67. The molecular formula is C22H25N3S2. The molecule has 2 aromatic rings. The molecule has 140 valence electrons. The Kier molecular flexibility index (Phi) is 4.74. The molecule has 0 spiro atoms. The molecule has 5 heteroatoms. The molecule has 0 amide bonds. The first kappa shape index (κ1) is 17.4. The van der Waals surface area contributed by atoms with Crippen molar-refractivity contribution < 1.29 is 0 Å². The molecular weight excluding hydrogens is 370 g/mol. The lowest BCUT2D eigenvalue weighted by Gasteiger charge is -2.32. The van der Waals surface area contributed by atoms with Crippen LogP contribution in [0.5, 0.6) is 0 Å². The van der Waals surface area contributed by atoms with Crippen molar-refractivity contribution >= 4 is 34.4 Å². The van der Waals surface area contributed by atoms with Gasteiger partial charge in [-0.1, -0.05) is 49.6 Å². The van der Waals surface area contributed by atoms with Crippen molar-refractivity contribution in [2.75, 3.05) is 0 Å². The van der Waals surface area contributed by atoms with Crippen molar-refractivity contribution in [1.29, 1.82) is 0 Å². The summed E-state index contributed by atoms with van der Waals surface area (Å²) >= 11 is 7.70. The number of nitrogens with one attached hydrogen (secondary N) is 1. The zero-order valence-corrected chi connectivity index (χ0v) is 17.1. The molecule has 0 unspecified atom stereocenters.